The number of hydrogen-bond acceptors (Lipinski definition) is 3. The molecule has 5 heteroatoms. The van der Waals surface area contributed by atoms with Crippen LogP contribution in [0, 0.1) is 0 Å². The summed E-state index contributed by atoms with van der Waals surface area (Å²) in [4.78, 5) is 16.9. The second-order valence-corrected chi connectivity index (χ2v) is 5.10. The van der Waals surface area contributed by atoms with Crippen LogP contribution >= 0.6 is 11.8 Å². The minimum Gasteiger partial charge on any atom is -0.338 e. The van der Waals surface area contributed by atoms with E-state index < -0.39 is 0 Å². The third-order valence-corrected chi connectivity index (χ3v) is 3.51. The first-order chi connectivity index (χ1) is 9.78. The maximum Gasteiger partial charge on any atom is 0.319 e. The molecule has 2 rings (SSSR count). The Morgan fingerprint density at radius 2 is 2.05 bits per heavy atom. The van der Waals surface area contributed by atoms with Crippen molar-refractivity contribution in [3.63, 3.8) is 0 Å². The molecular formula is C15H17N3OS. The van der Waals surface area contributed by atoms with Crippen molar-refractivity contribution in [3.05, 3.63) is 54.4 Å². The number of pyridine rings is 1. The lowest BCUT2D eigenvalue weighted by Gasteiger charge is -2.08. The number of carbonyl (C=O) groups excluding carboxylic acids is 1. The molecule has 2 amide bonds. The van der Waals surface area contributed by atoms with Crippen molar-refractivity contribution < 1.29 is 4.79 Å². The smallest absolute Gasteiger partial charge is 0.319 e. The summed E-state index contributed by atoms with van der Waals surface area (Å²) in [6.45, 7) is 0.584. The van der Waals surface area contributed by atoms with Gasteiger partial charge in [0.1, 0.15) is 0 Å². The van der Waals surface area contributed by atoms with E-state index in [0.717, 1.165) is 17.7 Å². The van der Waals surface area contributed by atoms with Gasteiger partial charge < -0.3 is 10.6 Å². The largest absolute Gasteiger partial charge is 0.338 e. The van der Waals surface area contributed by atoms with Gasteiger partial charge in [-0.1, -0.05) is 6.07 Å². The van der Waals surface area contributed by atoms with Crippen LogP contribution in [0.4, 0.5) is 10.5 Å². The minimum atomic E-state index is -0.189. The molecule has 0 radical (unpaired) electrons. The molecule has 0 unspecified atom stereocenters. The van der Waals surface area contributed by atoms with E-state index in [-0.39, 0.29) is 6.03 Å². The number of rotatable bonds is 5. The Morgan fingerprint density at radius 1 is 1.25 bits per heavy atom. The van der Waals surface area contributed by atoms with Crippen molar-refractivity contribution in [2.45, 2.75) is 11.3 Å². The van der Waals surface area contributed by atoms with Gasteiger partial charge in [-0.05, 0) is 48.6 Å². The zero-order chi connectivity index (χ0) is 14.2. The van der Waals surface area contributed by atoms with E-state index in [1.807, 2.05) is 42.7 Å². The van der Waals surface area contributed by atoms with Crippen molar-refractivity contribution in [2.75, 3.05) is 18.1 Å². The molecule has 0 aliphatic rings. The number of carbonyl (C=O) groups is 1. The van der Waals surface area contributed by atoms with E-state index >= 15 is 0 Å². The zero-order valence-corrected chi connectivity index (χ0v) is 12.1. The van der Waals surface area contributed by atoms with Crippen LogP contribution in [0.15, 0.2) is 53.7 Å². The van der Waals surface area contributed by atoms with Crippen molar-refractivity contribution in [3.8, 4) is 0 Å². The second-order valence-electron chi connectivity index (χ2n) is 4.22. The fourth-order valence-corrected chi connectivity index (χ4v) is 2.12. The van der Waals surface area contributed by atoms with Gasteiger partial charge in [-0.2, -0.15) is 0 Å². The Bertz CT molecular complexity index is 543. The predicted octanol–water partition coefficient (Wildman–Crippen LogP) is 3.17. The van der Waals surface area contributed by atoms with E-state index in [0.29, 0.717) is 6.54 Å². The first kappa shape index (κ1) is 14.4. The van der Waals surface area contributed by atoms with E-state index in [4.69, 9.17) is 0 Å². The molecule has 0 saturated heterocycles. The first-order valence-corrected chi connectivity index (χ1v) is 7.58. The number of aromatic nitrogens is 1. The lowest BCUT2D eigenvalue weighted by atomic mass is 10.2. The van der Waals surface area contributed by atoms with Gasteiger partial charge in [-0.25, -0.2) is 4.79 Å². The quantitative estimate of drug-likeness (QED) is 0.831. The van der Waals surface area contributed by atoms with Gasteiger partial charge in [0, 0.05) is 29.5 Å². The van der Waals surface area contributed by atoms with Crippen LogP contribution < -0.4 is 10.6 Å². The molecule has 1 heterocycles. The molecular weight excluding hydrogens is 270 g/mol. The molecule has 0 spiro atoms. The number of urea groups is 1. The standard InChI is InChI=1S/C15H17N3OS/c1-20-14-6-4-13(5-7-14)18-15(19)17-10-8-12-3-2-9-16-11-12/h2-7,9,11H,8,10H2,1H3,(H2,17,18,19). The van der Waals surface area contributed by atoms with Crippen LogP contribution in [0.3, 0.4) is 0 Å². The molecule has 104 valence electrons. The van der Waals surface area contributed by atoms with Crippen LogP contribution in [0.1, 0.15) is 5.56 Å². The molecule has 2 N–H and O–H groups in total. The minimum absolute atomic E-state index is 0.189. The average molecular weight is 287 g/mol. The summed E-state index contributed by atoms with van der Waals surface area (Å²) in [6.07, 6.45) is 6.34. The summed E-state index contributed by atoms with van der Waals surface area (Å²) in [5, 5.41) is 5.63. The van der Waals surface area contributed by atoms with Crippen molar-refractivity contribution >= 4 is 23.5 Å². The third-order valence-electron chi connectivity index (χ3n) is 2.77. The lowest BCUT2D eigenvalue weighted by molar-refractivity contribution is 0.252. The van der Waals surface area contributed by atoms with Crippen LogP contribution in [-0.2, 0) is 6.42 Å². The Morgan fingerprint density at radius 3 is 2.70 bits per heavy atom. The van der Waals surface area contributed by atoms with Crippen LogP contribution in [-0.4, -0.2) is 23.8 Å². The fourth-order valence-electron chi connectivity index (χ4n) is 1.72. The Labute approximate surface area is 123 Å². The highest BCUT2D eigenvalue weighted by atomic mass is 32.2. The second kappa shape index (κ2) is 7.55. The normalized spacial score (nSPS) is 10.1. The van der Waals surface area contributed by atoms with Crippen molar-refractivity contribution in [1.29, 1.82) is 0 Å². The number of benzene rings is 1. The molecule has 2 aromatic rings. The van der Waals surface area contributed by atoms with Gasteiger partial charge in [-0.3, -0.25) is 4.98 Å². The third kappa shape index (κ3) is 4.59. The van der Waals surface area contributed by atoms with Gasteiger partial charge in [0.05, 0.1) is 0 Å². The maximum absolute atomic E-state index is 11.7. The Kier molecular flexibility index (Phi) is 5.43. The number of hydrogen-bond donors (Lipinski definition) is 2. The fraction of sp³-hybridized carbons (Fsp3) is 0.200. The first-order valence-electron chi connectivity index (χ1n) is 6.36. The molecule has 0 aliphatic heterocycles. The van der Waals surface area contributed by atoms with E-state index in [9.17, 15) is 4.79 Å². The molecule has 0 atom stereocenters. The molecule has 20 heavy (non-hydrogen) atoms. The zero-order valence-electron chi connectivity index (χ0n) is 11.3. The van der Waals surface area contributed by atoms with E-state index in [1.165, 1.54) is 4.90 Å². The highest BCUT2D eigenvalue weighted by Crippen LogP contribution is 2.17. The van der Waals surface area contributed by atoms with Crippen LogP contribution in [0.25, 0.3) is 0 Å². The summed E-state index contributed by atoms with van der Waals surface area (Å²) < 4.78 is 0. The lowest BCUT2D eigenvalue weighted by Crippen LogP contribution is -2.30. The summed E-state index contributed by atoms with van der Waals surface area (Å²) in [7, 11) is 0. The number of anilines is 1. The summed E-state index contributed by atoms with van der Waals surface area (Å²) in [5.41, 5.74) is 1.90. The van der Waals surface area contributed by atoms with Crippen molar-refractivity contribution in [1.82, 2.24) is 10.3 Å². The van der Waals surface area contributed by atoms with Gasteiger partial charge in [0.25, 0.3) is 0 Å². The van der Waals surface area contributed by atoms with Gasteiger partial charge >= 0.3 is 6.03 Å². The average Bonchev–Trinajstić information content (AvgIpc) is 2.49. The number of amides is 2. The molecule has 1 aromatic heterocycles. The number of thioether (sulfide) groups is 1. The SMILES string of the molecule is CSc1ccc(NC(=O)NCCc2cccnc2)cc1. The molecule has 0 fully saturated rings. The molecule has 0 aliphatic carbocycles. The maximum atomic E-state index is 11.7. The summed E-state index contributed by atoms with van der Waals surface area (Å²) >= 11 is 1.67. The topological polar surface area (TPSA) is 54.0 Å². The van der Waals surface area contributed by atoms with Crippen LogP contribution in [0.5, 0.6) is 0 Å². The van der Waals surface area contributed by atoms with E-state index in [2.05, 4.69) is 15.6 Å². The molecule has 0 bridgehead atoms. The highest BCUT2D eigenvalue weighted by molar-refractivity contribution is 7.98. The highest BCUT2D eigenvalue weighted by Gasteiger charge is 2.01. The van der Waals surface area contributed by atoms with Crippen LogP contribution in [0.2, 0.25) is 0 Å². The number of nitrogens with zero attached hydrogens (tertiary/aromatic N) is 1. The predicted molar refractivity (Wildman–Crippen MR) is 83.2 cm³/mol. The van der Waals surface area contributed by atoms with E-state index in [1.54, 1.807) is 24.2 Å². The van der Waals surface area contributed by atoms with Gasteiger partial charge in [0.2, 0.25) is 0 Å². The summed E-state index contributed by atoms with van der Waals surface area (Å²) in [5.74, 6) is 0. The summed E-state index contributed by atoms with van der Waals surface area (Å²) in [6, 6.07) is 11.5. The van der Waals surface area contributed by atoms with Gasteiger partial charge in [0.15, 0.2) is 0 Å². The molecule has 1 aromatic carbocycles. The Hall–Kier alpha value is -2.01. The number of nitrogens with one attached hydrogen (secondary N) is 2. The monoisotopic (exact) mass is 287 g/mol. The Balaban J connectivity index is 1.74. The molecule has 0 saturated carbocycles. The molecule has 4 nitrogen and oxygen atoms in total. The van der Waals surface area contributed by atoms with Crippen molar-refractivity contribution in [2.24, 2.45) is 0 Å². The van der Waals surface area contributed by atoms with Gasteiger partial charge in [-0.15, -0.1) is 11.8 Å².